The molecule has 0 aliphatic carbocycles. The van der Waals surface area contributed by atoms with Gasteiger partial charge in [0.1, 0.15) is 0 Å². The van der Waals surface area contributed by atoms with Gasteiger partial charge < -0.3 is 14.7 Å². The lowest BCUT2D eigenvalue weighted by Gasteiger charge is -2.35. The molecule has 15 heavy (non-hydrogen) atoms. The number of hydrogen-bond donors (Lipinski definition) is 1. The molecular formula is C11H24N2O2. The van der Waals surface area contributed by atoms with Crippen LogP contribution in [0.15, 0.2) is 0 Å². The van der Waals surface area contributed by atoms with Gasteiger partial charge in [0.05, 0.1) is 25.9 Å². The minimum atomic E-state index is 0.203. The van der Waals surface area contributed by atoms with Crippen LogP contribution in [0.3, 0.4) is 0 Å². The quantitative estimate of drug-likeness (QED) is 0.679. The van der Waals surface area contributed by atoms with Gasteiger partial charge in [-0.05, 0) is 13.1 Å². The Bertz CT molecular complexity index is 163. The maximum Gasteiger partial charge on any atom is 0.0644 e. The normalized spacial score (nSPS) is 23.6. The zero-order valence-corrected chi connectivity index (χ0v) is 9.98. The van der Waals surface area contributed by atoms with Crippen molar-refractivity contribution in [1.29, 1.82) is 0 Å². The molecule has 1 rings (SSSR count). The summed E-state index contributed by atoms with van der Waals surface area (Å²) >= 11 is 0. The lowest BCUT2D eigenvalue weighted by atomic mass is 10.2. The average molecular weight is 216 g/mol. The predicted molar refractivity (Wildman–Crippen MR) is 61.1 cm³/mol. The van der Waals surface area contributed by atoms with Crippen molar-refractivity contribution in [2.45, 2.75) is 19.9 Å². The van der Waals surface area contributed by atoms with E-state index >= 15 is 0 Å². The second-order valence-electron chi connectivity index (χ2n) is 3.97. The van der Waals surface area contributed by atoms with Crippen molar-refractivity contribution in [2.75, 3.05) is 52.5 Å². The van der Waals surface area contributed by atoms with E-state index in [2.05, 4.69) is 23.6 Å². The number of morpholine rings is 1. The Hall–Kier alpha value is -0.160. The van der Waals surface area contributed by atoms with Gasteiger partial charge in [-0.3, -0.25) is 4.90 Å². The number of likely N-dealkylation sites (N-methyl/N-ethyl adjacent to an activating group) is 1. The van der Waals surface area contributed by atoms with Gasteiger partial charge >= 0.3 is 0 Å². The third-order valence-electron chi connectivity index (χ3n) is 3.16. The Morgan fingerprint density at radius 3 is 2.73 bits per heavy atom. The molecule has 1 unspecified atom stereocenters. The molecule has 1 N–H and O–H groups in total. The van der Waals surface area contributed by atoms with Gasteiger partial charge in [0.2, 0.25) is 0 Å². The second-order valence-corrected chi connectivity index (χ2v) is 3.97. The zero-order valence-electron chi connectivity index (χ0n) is 9.98. The molecule has 1 aliphatic heterocycles. The molecule has 1 atom stereocenters. The Morgan fingerprint density at radius 1 is 1.40 bits per heavy atom. The van der Waals surface area contributed by atoms with E-state index in [0.717, 1.165) is 39.3 Å². The smallest absolute Gasteiger partial charge is 0.0644 e. The van der Waals surface area contributed by atoms with Crippen LogP contribution in [-0.4, -0.2) is 73.5 Å². The summed E-state index contributed by atoms with van der Waals surface area (Å²) in [5, 5.41) is 9.21. The largest absolute Gasteiger partial charge is 0.395 e. The van der Waals surface area contributed by atoms with Crippen LogP contribution in [-0.2, 0) is 4.74 Å². The first-order chi connectivity index (χ1) is 7.31. The summed E-state index contributed by atoms with van der Waals surface area (Å²) in [4.78, 5) is 4.74. The van der Waals surface area contributed by atoms with E-state index in [1.165, 1.54) is 0 Å². The molecule has 1 heterocycles. The van der Waals surface area contributed by atoms with Gasteiger partial charge in [0.25, 0.3) is 0 Å². The first kappa shape index (κ1) is 12.9. The Balaban J connectivity index is 2.28. The molecule has 4 heteroatoms. The molecular weight excluding hydrogens is 192 g/mol. The van der Waals surface area contributed by atoms with Crippen molar-refractivity contribution in [3.8, 4) is 0 Å². The third-order valence-corrected chi connectivity index (χ3v) is 3.16. The third kappa shape index (κ3) is 4.07. The molecule has 0 aromatic carbocycles. The van der Waals surface area contributed by atoms with Crippen LogP contribution in [0.4, 0.5) is 0 Å². The molecule has 0 amide bonds. The fraction of sp³-hybridized carbons (Fsp3) is 1.00. The van der Waals surface area contributed by atoms with Crippen molar-refractivity contribution in [3.63, 3.8) is 0 Å². The van der Waals surface area contributed by atoms with E-state index in [-0.39, 0.29) is 12.6 Å². The highest BCUT2D eigenvalue weighted by Gasteiger charge is 2.21. The minimum absolute atomic E-state index is 0.203. The van der Waals surface area contributed by atoms with Crippen LogP contribution in [0.2, 0.25) is 0 Å². The molecule has 1 fully saturated rings. The van der Waals surface area contributed by atoms with Gasteiger partial charge in [0.15, 0.2) is 0 Å². The van der Waals surface area contributed by atoms with Gasteiger partial charge in [-0.15, -0.1) is 0 Å². The van der Waals surface area contributed by atoms with E-state index in [0.29, 0.717) is 6.61 Å². The predicted octanol–water partition coefficient (Wildman–Crippen LogP) is 0.0213. The highest BCUT2D eigenvalue weighted by atomic mass is 16.5. The molecule has 1 saturated heterocycles. The van der Waals surface area contributed by atoms with Crippen LogP contribution >= 0.6 is 0 Å². The van der Waals surface area contributed by atoms with Crippen molar-refractivity contribution in [1.82, 2.24) is 9.80 Å². The monoisotopic (exact) mass is 216 g/mol. The van der Waals surface area contributed by atoms with E-state index in [9.17, 15) is 5.11 Å². The first-order valence-electron chi connectivity index (χ1n) is 5.96. The molecule has 0 aromatic rings. The Labute approximate surface area is 92.8 Å². The van der Waals surface area contributed by atoms with Crippen molar-refractivity contribution < 1.29 is 9.84 Å². The summed E-state index contributed by atoms with van der Waals surface area (Å²) in [7, 11) is 0. The number of aliphatic hydroxyl groups excluding tert-OH is 1. The second kappa shape index (κ2) is 7.17. The summed E-state index contributed by atoms with van der Waals surface area (Å²) in [6.07, 6.45) is 0. The van der Waals surface area contributed by atoms with Crippen LogP contribution in [0.5, 0.6) is 0 Å². The summed E-state index contributed by atoms with van der Waals surface area (Å²) in [5.41, 5.74) is 0. The summed E-state index contributed by atoms with van der Waals surface area (Å²) in [5.74, 6) is 0. The number of aliphatic hydroxyl groups is 1. The first-order valence-corrected chi connectivity index (χ1v) is 5.96. The molecule has 0 aromatic heterocycles. The van der Waals surface area contributed by atoms with Crippen molar-refractivity contribution in [3.05, 3.63) is 0 Å². The van der Waals surface area contributed by atoms with Crippen LogP contribution in [0.1, 0.15) is 13.8 Å². The number of ether oxygens (including phenoxy) is 1. The fourth-order valence-corrected chi connectivity index (χ4v) is 1.96. The SMILES string of the molecule is CCN(CC)CCN1CCOCC1CO. The molecule has 0 radical (unpaired) electrons. The highest BCUT2D eigenvalue weighted by molar-refractivity contribution is 4.75. The molecule has 0 spiro atoms. The summed E-state index contributed by atoms with van der Waals surface area (Å²) in [6, 6.07) is 0.203. The van der Waals surface area contributed by atoms with Crippen LogP contribution in [0, 0.1) is 0 Å². The molecule has 4 nitrogen and oxygen atoms in total. The molecule has 0 saturated carbocycles. The van der Waals surface area contributed by atoms with Crippen LogP contribution < -0.4 is 0 Å². The van der Waals surface area contributed by atoms with Crippen molar-refractivity contribution >= 4 is 0 Å². The number of hydrogen-bond acceptors (Lipinski definition) is 4. The molecule has 0 bridgehead atoms. The topological polar surface area (TPSA) is 35.9 Å². The van der Waals surface area contributed by atoms with Gasteiger partial charge in [0, 0.05) is 19.6 Å². The van der Waals surface area contributed by atoms with E-state index in [4.69, 9.17) is 4.74 Å². The minimum Gasteiger partial charge on any atom is -0.395 e. The van der Waals surface area contributed by atoms with Gasteiger partial charge in [-0.25, -0.2) is 0 Å². The zero-order chi connectivity index (χ0) is 11.1. The van der Waals surface area contributed by atoms with E-state index in [1.807, 2.05) is 0 Å². The molecule has 90 valence electrons. The van der Waals surface area contributed by atoms with E-state index < -0.39 is 0 Å². The van der Waals surface area contributed by atoms with Crippen LogP contribution in [0.25, 0.3) is 0 Å². The van der Waals surface area contributed by atoms with Gasteiger partial charge in [-0.1, -0.05) is 13.8 Å². The number of rotatable bonds is 6. The summed E-state index contributed by atoms with van der Waals surface area (Å²) in [6.45, 7) is 11.3. The summed E-state index contributed by atoms with van der Waals surface area (Å²) < 4.78 is 5.35. The average Bonchev–Trinajstić information content (AvgIpc) is 2.31. The molecule has 1 aliphatic rings. The maximum absolute atomic E-state index is 9.21. The lowest BCUT2D eigenvalue weighted by molar-refractivity contribution is -0.0299. The standard InChI is InChI=1S/C11H24N2O2/c1-3-12(4-2)5-6-13-7-8-15-10-11(13)9-14/h11,14H,3-10H2,1-2H3. The fourth-order valence-electron chi connectivity index (χ4n) is 1.96. The van der Waals surface area contributed by atoms with Crippen molar-refractivity contribution in [2.24, 2.45) is 0 Å². The highest BCUT2D eigenvalue weighted by Crippen LogP contribution is 2.06. The van der Waals surface area contributed by atoms with Gasteiger partial charge in [-0.2, -0.15) is 0 Å². The number of nitrogens with zero attached hydrogens (tertiary/aromatic N) is 2. The maximum atomic E-state index is 9.21. The lowest BCUT2D eigenvalue weighted by Crippen LogP contribution is -2.50. The van der Waals surface area contributed by atoms with E-state index in [1.54, 1.807) is 0 Å². The Morgan fingerprint density at radius 2 is 2.13 bits per heavy atom. The Kier molecular flexibility index (Phi) is 6.17.